The summed E-state index contributed by atoms with van der Waals surface area (Å²) in [7, 11) is 1.56. The molecule has 0 aliphatic heterocycles. The third-order valence-corrected chi connectivity index (χ3v) is 3.75. The van der Waals surface area contributed by atoms with Crippen LogP contribution in [0.2, 0.25) is 0 Å². The molecule has 0 fully saturated rings. The summed E-state index contributed by atoms with van der Waals surface area (Å²) >= 11 is 0. The number of alkyl halides is 3. The van der Waals surface area contributed by atoms with Crippen molar-refractivity contribution in [2.45, 2.75) is 32.7 Å². The number of benzene rings is 1. The molecule has 1 N–H and O–H groups in total. The van der Waals surface area contributed by atoms with E-state index in [0.717, 1.165) is 16.8 Å². The maximum absolute atomic E-state index is 12.9. The number of ether oxygens (including phenoxy) is 1. The molecular formula is C16H19F3N2O3. The van der Waals surface area contributed by atoms with E-state index in [2.05, 4.69) is 0 Å². The molecular weight excluding hydrogens is 325 g/mol. The Bertz CT molecular complexity index is 778. The number of aromatic nitrogens is 2. The first-order valence-corrected chi connectivity index (χ1v) is 7.50. The largest absolute Gasteiger partial charge is 0.416 e. The van der Waals surface area contributed by atoms with Gasteiger partial charge in [0.15, 0.2) is 6.29 Å². The van der Waals surface area contributed by atoms with Crippen molar-refractivity contribution in [2.75, 3.05) is 6.61 Å². The number of aliphatic hydroxyl groups excluding tert-OH is 1. The zero-order chi connectivity index (χ0) is 18.1. The van der Waals surface area contributed by atoms with Crippen molar-refractivity contribution in [1.29, 1.82) is 0 Å². The number of nitrogens with zero attached hydrogens (tertiary/aromatic N) is 2. The van der Waals surface area contributed by atoms with Crippen molar-refractivity contribution in [3.05, 3.63) is 51.4 Å². The second kappa shape index (κ2) is 6.82. The van der Waals surface area contributed by atoms with Crippen LogP contribution in [-0.2, 0) is 24.4 Å². The normalized spacial score (nSPS) is 13.3. The van der Waals surface area contributed by atoms with Gasteiger partial charge in [0.25, 0.3) is 5.56 Å². The Balaban J connectivity index is 2.66. The van der Waals surface area contributed by atoms with E-state index < -0.39 is 23.6 Å². The summed E-state index contributed by atoms with van der Waals surface area (Å²) < 4.78 is 46.4. The lowest BCUT2D eigenvalue weighted by Gasteiger charge is -2.12. The lowest BCUT2D eigenvalue weighted by atomic mass is 10.2. The molecule has 0 radical (unpaired) electrons. The van der Waals surface area contributed by atoms with Gasteiger partial charge in [-0.3, -0.25) is 9.48 Å². The van der Waals surface area contributed by atoms with Crippen LogP contribution in [0.4, 0.5) is 13.2 Å². The van der Waals surface area contributed by atoms with Crippen molar-refractivity contribution < 1.29 is 23.0 Å². The number of halogens is 3. The monoisotopic (exact) mass is 344 g/mol. The lowest BCUT2D eigenvalue weighted by molar-refractivity contribution is -0.137. The summed E-state index contributed by atoms with van der Waals surface area (Å²) in [6.07, 6.45) is -5.51. The van der Waals surface area contributed by atoms with Crippen LogP contribution in [0.15, 0.2) is 29.1 Å². The number of aliphatic hydroxyl groups is 1. The van der Waals surface area contributed by atoms with Crippen LogP contribution in [-0.4, -0.2) is 21.1 Å². The van der Waals surface area contributed by atoms with Gasteiger partial charge in [0, 0.05) is 19.3 Å². The van der Waals surface area contributed by atoms with Gasteiger partial charge in [-0.1, -0.05) is 13.0 Å². The van der Waals surface area contributed by atoms with Gasteiger partial charge in [0.1, 0.15) is 0 Å². The molecule has 24 heavy (non-hydrogen) atoms. The summed E-state index contributed by atoms with van der Waals surface area (Å²) in [5, 5.41) is 10.1. The van der Waals surface area contributed by atoms with Gasteiger partial charge in [0.05, 0.1) is 16.8 Å². The van der Waals surface area contributed by atoms with Crippen molar-refractivity contribution >= 4 is 0 Å². The van der Waals surface area contributed by atoms with Crippen molar-refractivity contribution in [1.82, 2.24) is 9.36 Å². The smallest absolute Gasteiger partial charge is 0.364 e. The first kappa shape index (κ1) is 18.3. The van der Waals surface area contributed by atoms with Crippen LogP contribution in [0.5, 0.6) is 0 Å². The maximum Gasteiger partial charge on any atom is 0.416 e. The fraction of sp³-hybridized carbons (Fsp3) is 0.438. The predicted molar refractivity (Wildman–Crippen MR) is 82.0 cm³/mol. The molecule has 2 rings (SSSR count). The third-order valence-electron chi connectivity index (χ3n) is 3.75. The van der Waals surface area contributed by atoms with Gasteiger partial charge in [-0.25, -0.2) is 4.68 Å². The first-order chi connectivity index (χ1) is 11.2. The van der Waals surface area contributed by atoms with Crippen molar-refractivity contribution in [2.24, 2.45) is 7.05 Å². The second-order valence-corrected chi connectivity index (χ2v) is 5.21. The Hall–Kier alpha value is -2.06. The topological polar surface area (TPSA) is 56.4 Å². The molecule has 0 bridgehead atoms. The second-order valence-electron chi connectivity index (χ2n) is 5.21. The van der Waals surface area contributed by atoms with Crippen LogP contribution >= 0.6 is 0 Å². The molecule has 1 atom stereocenters. The zero-order valence-electron chi connectivity index (χ0n) is 13.6. The van der Waals surface area contributed by atoms with E-state index in [1.165, 1.54) is 16.8 Å². The van der Waals surface area contributed by atoms with Crippen molar-refractivity contribution in [3.63, 3.8) is 0 Å². The summed E-state index contributed by atoms with van der Waals surface area (Å²) in [4.78, 5) is 12.7. The average molecular weight is 344 g/mol. The molecule has 0 aliphatic carbocycles. The fourth-order valence-electron chi connectivity index (χ4n) is 2.68. The molecule has 0 spiro atoms. The zero-order valence-corrected chi connectivity index (χ0v) is 13.6. The van der Waals surface area contributed by atoms with Crippen LogP contribution in [0, 0.1) is 0 Å². The van der Waals surface area contributed by atoms with Gasteiger partial charge in [-0.2, -0.15) is 13.2 Å². The van der Waals surface area contributed by atoms with Crippen LogP contribution in [0.1, 0.15) is 37.0 Å². The Morgan fingerprint density at radius 3 is 2.50 bits per heavy atom. The van der Waals surface area contributed by atoms with Gasteiger partial charge < -0.3 is 9.84 Å². The number of hydrogen-bond acceptors (Lipinski definition) is 3. The standard InChI is InChI=1S/C16H19F3N2O3/c1-4-12-13(15(23)24-5-2)14(22)21(20(12)3)11-8-6-7-10(9-11)16(17,18)19/h6-9,15,23H,4-5H2,1-3H3. The molecule has 1 unspecified atom stereocenters. The summed E-state index contributed by atoms with van der Waals surface area (Å²) in [5.41, 5.74) is -0.840. The van der Waals surface area contributed by atoms with E-state index >= 15 is 0 Å². The number of rotatable bonds is 5. The average Bonchev–Trinajstić information content (AvgIpc) is 2.77. The summed E-state index contributed by atoms with van der Waals surface area (Å²) in [6.45, 7) is 3.65. The third kappa shape index (κ3) is 3.25. The lowest BCUT2D eigenvalue weighted by Crippen LogP contribution is -2.23. The molecule has 0 amide bonds. The van der Waals surface area contributed by atoms with Gasteiger partial charge >= 0.3 is 6.18 Å². The molecule has 0 aliphatic rings. The maximum atomic E-state index is 12.9. The first-order valence-electron chi connectivity index (χ1n) is 7.50. The van der Waals surface area contributed by atoms with E-state index in [1.807, 2.05) is 0 Å². The molecule has 8 heteroatoms. The molecule has 132 valence electrons. The highest BCUT2D eigenvalue weighted by atomic mass is 19.4. The van der Waals surface area contributed by atoms with Gasteiger partial charge in [0.2, 0.25) is 0 Å². The molecule has 0 saturated heterocycles. The molecule has 0 saturated carbocycles. The highest BCUT2D eigenvalue weighted by molar-refractivity contribution is 5.38. The van der Waals surface area contributed by atoms with Crippen LogP contribution < -0.4 is 5.56 Å². The molecule has 1 aromatic carbocycles. The Morgan fingerprint density at radius 2 is 1.96 bits per heavy atom. The Labute approximate surface area is 136 Å². The summed E-state index contributed by atoms with van der Waals surface area (Å²) in [6, 6.07) is 4.49. The van der Waals surface area contributed by atoms with Crippen LogP contribution in [0.25, 0.3) is 5.69 Å². The van der Waals surface area contributed by atoms with Crippen molar-refractivity contribution in [3.8, 4) is 5.69 Å². The fourth-order valence-corrected chi connectivity index (χ4v) is 2.68. The van der Waals surface area contributed by atoms with E-state index in [4.69, 9.17) is 4.74 Å². The SMILES string of the molecule is CCOC(O)c1c(CC)n(C)n(-c2cccc(C(F)(F)F)c2)c1=O. The van der Waals surface area contributed by atoms with E-state index in [0.29, 0.717) is 12.1 Å². The van der Waals surface area contributed by atoms with Crippen LogP contribution in [0.3, 0.4) is 0 Å². The highest BCUT2D eigenvalue weighted by Crippen LogP contribution is 2.30. The van der Waals surface area contributed by atoms with Gasteiger partial charge in [-0.05, 0) is 31.5 Å². The minimum absolute atomic E-state index is 0.0410. The molecule has 2 aromatic rings. The Morgan fingerprint density at radius 1 is 1.29 bits per heavy atom. The molecule has 5 nitrogen and oxygen atoms in total. The van der Waals surface area contributed by atoms with E-state index in [9.17, 15) is 23.1 Å². The molecule has 1 aromatic heterocycles. The van der Waals surface area contributed by atoms with Gasteiger partial charge in [-0.15, -0.1) is 0 Å². The number of hydrogen-bond donors (Lipinski definition) is 1. The summed E-state index contributed by atoms with van der Waals surface area (Å²) in [5.74, 6) is 0. The quantitative estimate of drug-likeness (QED) is 0.849. The Kier molecular flexibility index (Phi) is 5.19. The minimum Gasteiger partial charge on any atom is -0.364 e. The molecule has 1 heterocycles. The van der Waals surface area contributed by atoms with E-state index in [-0.39, 0.29) is 17.9 Å². The minimum atomic E-state index is -4.51. The van der Waals surface area contributed by atoms with E-state index in [1.54, 1.807) is 20.9 Å². The highest BCUT2D eigenvalue weighted by Gasteiger charge is 2.31. The predicted octanol–water partition coefficient (Wildman–Crippen LogP) is 2.78.